The van der Waals surface area contributed by atoms with Gasteiger partial charge in [0.2, 0.25) is 5.52 Å². The normalized spacial score (nSPS) is 11.1. The molecule has 0 N–H and O–H groups in total. The van der Waals surface area contributed by atoms with Crippen LogP contribution >= 0.6 is 0 Å². The SMILES string of the molecule is COc1ccc(Cc2c3ccccc3c3ccccc3[n+]2C)cc1. The molecule has 3 aromatic carbocycles. The van der Waals surface area contributed by atoms with E-state index < -0.39 is 0 Å². The number of ether oxygens (including phenoxy) is 1. The van der Waals surface area contributed by atoms with E-state index in [1.807, 2.05) is 12.1 Å². The van der Waals surface area contributed by atoms with Crippen molar-refractivity contribution in [3.8, 4) is 5.75 Å². The third-order valence-corrected chi connectivity index (χ3v) is 4.73. The monoisotopic (exact) mass is 314 g/mol. The molecule has 0 fully saturated rings. The molecular weight excluding hydrogens is 294 g/mol. The summed E-state index contributed by atoms with van der Waals surface area (Å²) in [4.78, 5) is 0. The Bertz CT molecular complexity index is 1020. The maximum atomic E-state index is 5.27. The van der Waals surface area contributed by atoms with E-state index in [1.165, 1.54) is 32.9 Å². The molecule has 24 heavy (non-hydrogen) atoms. The zero-order chi connectivity index (χ0) is 16.5. The second-order valence-corrected chi connectivity index (χ2v) is 6.09. The molecule has 1 heterocycles. The molecule has 0 saturated carbocycles. The van der Waals surface area contributed by atoms with E-state index in [2.05, 4.69) is 72.3 Å². The lowest BCUT2D eigenvalue weighted by Crippen LogP contribution is -2.35. The largest absolute Gasteiger partial charge is 0.497 e. The molecular formula is C22H20NO+. The minimum atomic E-state index is 0.895. The number of nitrogens with zero attached hydrogens (tertiary/aromatic N) is 1. The van der Waals surface area contributed by atoms with Crippen LogP contribution < -0.4 is 9.30 Å². The predicted octanol–water partition coefficient (Wildman–Crippen LogP) is 4.42. The molecule has 1 aromatic heterocycles. The Balaban J connectivity index is 1.93. The fourth-order valence-corrected chi connectivity index (χ4v) is 3.44. The number of methoxy groups -OCH3 is 1. The Morgan fingerprint density at radius 2 is 1.38 bits per heavy atom. The molecule has 4 rings (SSSR count). The van der Waals surface area contributed by atoms with Crippen molar-refractivity contribution in [3.05, 3.63) is 84.1 Å². The quantitative estimate of drug-likeness (QED) is 0.403. The highest BCUT2D eigenvalue weighted by Crippen LogP contribution is 2.26. The maximum absolute atomic E-state index is 5.27. The minimum Gasteiger partial charge on any atom is -0.497 e. The standard InChI is InChI=1S/C22H20NO/c1-23-21-10-6-5-8-19(21)18-7-3-4-9-20(18)22(23)15-16-11-13-17(24-2)14-12-16/h3-14H,15H2,1-2H3/q+1. The van der Waals surface area contributed by atoms with Crippen molar-refractivity contribution in [1.82, 2.24) is 0 Å². The van der Waals surface area contributed by atoms with Crippen LogP contribution in [-0.2, 0) is 13.5 Å². The van der Waals surface area contributed by atoms with E-state index >= 15 is 0 Å². The number of para-hydroxylation sites is 1. The van der Waals surface area contributed by atoms with Gasteiger partial charge in [0.1, 0.15) is 12.8 Å². The lowest BCUT2D eigenvalue weighted by Gasteiger charge is -2.09. The van der Waals surface area contributed by atoms with Gasteiger partial charge < -0.3 is 4.74 Å². The predicted molar refractivity (Wildman–Crippen MR) is 98.4 cm³/mol. The van der Waals surface area contributed by atoms with Crippen LogP contribution in [0.5, 0.6) is 5.75 Å². The number of rotatable bonds is 3. The average Bonchev–Trinajstić information content (AvgIpc) is 2.65. The van der Waals surface area contributed by atoms with Crippen LogP contribution in [0.25, 0.3) is 21.7 Å². The van der Waals surface area contributed by atoms with Crippen LogP contribution in [0.2, 0.25) is 0 Å². The number of fused-ring (bicyclic) bond motifs is 3. The number of aromatic nitrogens is 1. The van der Waals surface area contributed by atoms with Crippen molar-refractivity contribution >= 4 is 21.7 Å². The van der Waals surface area contributed by atoms with Crippen LogP contribution in [0, 0.1) is 0 Å². The fourth-order valence-electron chi connectivity index (χ4n) is 3.44. The Morgan fingerprint density at radius 3 is 2.08 bits per heavy atom. The van der Waals surface area contributed by atoms with Crippen LogP contribution in [0.15, 0.2) is 72.8 Å². The molecule has 0 saturated heterocycles. The lowest BCUT2D eigenvalue weighted by atomic mass is 9.99. The lowest BCUT2D eigenvalue weighted by molar-refractivity contribution is -0.651. The van der Waals surface area contributed by atoms with Gasteiger partial charge in [-0.25, -0.2) is 0 Å². The van der Waals surface area contributed by atoms with E-state index in [0.717, 1.165) is 12.2 Å². The summed E-state index contributed by atoms with van der Waals surface area (Å²) in [6, 6.07) is 25.6. The van der Waals surface area contributed by atoms with Crippen molar-refractivity contribution in [2.75, 3.05) is 7.11 Å². The van der Waals surface area contributed by atoms with Crippen LogP contribution in [0.4, 0.5) is 0 Å². The number of aryl methyl sites for hydroxylation is 1. The van der Waals surface area contributed by atoms with E-state index in [-0.39, 0.29) is 0 Å². The van der Waals surface area contributed by atoms with Gasteiger partial charge in [-0.2, -0.15) is 4.57 Å². The fraction of sp³-hybridized carbons (Fsp3) is 0.136. The van der Waals surface area contributed by atoms with Gasteiger partial charge in [0.15, 0.2) is 5.69 Å². The van der Waals surface area contributed by atoms with Crippen molar-refractivity contribution in [3.63, 3.8) is 0 Å². The molecule has 0 atom stereocenters. The topological polar surface area (TPSA) is 13.1 Å². The summed E-state index contributed by atoms with van der Waals surface area (Å²) in [6.07, 6.45) is 0.895. The van der Waals surface area contributed by atoms with Gasteiger partial charge >= 0.3 is 0 Å². The van der Waals surface area contributed by atoms with Crippen LogP contribution in [0.1, 0.15) is 11.3 Å². The zero-order valence-corrected chi connectivity index (χ0v) is 14.0. The first-order valence-corrected chi connectivity index (χ1v) is 8.19. The second-order valence-electron chi connectivity index (χ2n) is 6.09. The number of benzene rings is 3. The number of pyridine rings is 1. The van der Waals surface area contributed by atoms with Crippen molar-refractivity contribution in [2.45, 2.75) is 6.42 Å². The summed E-state index contributed by atoms with van der Waals surface area (Å²) < 4.78 is 7.59. The first kappa shape index (κ1) is 14.7. The molecule has 2 heteroatoms. The van der Waals surface area contributed by atoms with Gasteiger partial charge in [-0.15, -0.1) is 0 Å². The summed E-state index contributed by atoms with van der Waals surface area (Å²) in [7, 11) is 3.86. The highest BCUT2D eigenvalue weighted by atomic mass is 16.5. The van der Waals surface area contributed by atoms with Gasteiger partial charge in [-0.05, 0) is 29.8 Å². The van der Waals surface area contributed by atoms with Crippen LogP contribution in [0.3, 0.4) is 0 Å². The molecule has 0 aliphatic carbocycles. The smallest absolute Gasteiger partial charge is 0.213 e. The first-order valence-electron chi connectivity index (χ1n) is 8.19. The highest BCUT2D eigenvalue weighted by Gasteiger charge is 2.18. The molecule has 0 amide bonds. The molecule has 0 bridgehead atoms. The Labute approximate surface area is 141 Å². The van der Waals surface area contributed by atoms with Crippen LogP contribution in [-0.4, -0.2) is 7.11 Å². The summed E-state index contributed by atoms with van der Waals surface area (Å²) in [5.74, 6) is 0.895. The summed E-state index contributed by atoms with van der Waals surface area (Å²) in [5, 5.41) is 3.93. The molecule has 0 unspecified atom stereocenters. The van der Waals surface area contributed by atoms with E-state index in [4.69, 9.17) is 4.74 Å². The first-order chi connectivity index (χ1) is 11.8. The van der Waals surface area contributed by atoms with Gasteiger partial charge in [0.25, 0.3) is 0 Å². The van der Waals surface area contributed by atoms with Gasteiger partial charge in [0, 0.05) is 16.8 Å². The van der Waals surface area contributed by atoms with Gasteiger partial charge in [-0.3, -0.25) is 0 Å². The van der Waals surface area contributed by atoms with Crippen molar-refractivity contribution in [2.24, 2.45) is 7.05 Å². The molecule has 0 aliphatic rings. The third-order valence-electron chi connectivity index (χ3n) is 4.73. The van der Waals surface area contributed by atoms with E-state index in [9.17, 15) is 0 Å². The second kappa shape index (κ2) is 5.97. The third kappa shape index (κ3) is 2.41. The molecule has 4 aromatic rings. The zero-order valence-electron chi connectivity index (χ0n) is 14.0. The van der Waals surface area contributed by atoms with Gasteiger partial charge in [-0.1, -0.05) is 42.5 Å². The molecule has 0 radical (unpaired) electrons. The van der Waals surface area contributed by atoms with E-state index in [1.54, 1.807) is 7.11 Å². The average molecular weight is 314 g/mol. The number of hydrogen-bond acceptors (Lipinski definition) is 1. The Kier molecular flexibility index (Phi) is 3.66. The molecule has 118 valence electrons. The summed E-state index contributed by atoms with van der Waals surface area (Å²) in [6.45, 7) is 0. The summed E-state index contributed by atoms with van der Waals surface area (Å²) >= 11 is 0. The number of hydrogen-bond donors (Lipinski definition) is 0. The highest BCUT2D eigenvalue weighted by molar-refractivity contribution is 6.04. The Morgan fingerprint density at radius 1 is 0.750 bits per heavy atom. The van der Waals surface area contributed by atoms with Crippen molar-refractivity contribution < 1.29 is 9.30 Å². The maximum Gasteiger partial charge on any atom is 0.213 e. The minimum absolute atomic E-state index is 0.895. The van der Waals surface area contributed by atoms with Crippen molar-refractivity contribution in [1.29, 1.82) is 0 Å². The van der Waals surface area contributed by atoms with Gasteiger partial charge in [0.05, 0.1) is 18.9 Å². The summed E-state index contributed by atoms with van der Waals surface area (Å²) in [5.41, 5.74) is 3.88. The molecule has 0 aliphatic heterocycles. The van der Waals surface area contributed by atoms with E-state index in [0.29, 0.717) is 0 Å². The molecule has 0 spiro atoms. The molecule has 2 nitrogen and oxygen atoms in total. The Hall–Kier alpha value is -2.87.